The molecule has 0 spiro atoms. The van der Waals surface area contributed by atoms with Crippen molar-refractivity contribution in [2.45, 2.75) is 6.04 Å². The molecule has 1 amide bonds. The Kier molecular flexibility index (Phi) is 4.78. The van der Waals surface area contributed by atoms with Crippen LogP contribution in [-0.4, -0.2) is 27.7 Å². The van der Waals surface area contributed by atoms with Gasteiger partial charge in [0.2, 0.25) is 0 Å². The van der Waals surface area contributed by atoms with Crippen LogP contribution in [0.25, 0.3) is 11.0 Å². The first kappa shape index (κ1) is 16.8. The Balaban J connectivity index is 1.49. The van der Waals surface area contributed by atoms with E-state index in [1.165, 1.54) is 4.85 Å². The van der Waals surface area contributed by atoms with Gasteiger partial charge in [0.05, 0.1) is 6.04 Å². The number of benzene rings is 3. The first-order chi connectivity index (χ1) is 13.3. The van der Waals surface area contributed by atoms with Crippen LogP contribution in [0.5, 0.6) is 0 Å². The van der Waals surface area contributed by atoms with E-state index < -0.39 is 0 Å². The lowest BCUT2D eigenvalue weighted by Gasteiger charge is -2.19. The van der Waals surface area contributed by atoms with Crippen LogP contribution in [0.1, 0.15) is 17.2 Å². The highest BCUT2D eigenvalue weighted by atomic mass is 16.7. The molecule has 0 aliphatic carbocycles. The number of nitrogens with zero attached hydrogens (tertiary/aromatic N) is 3. The number of carbonyl (C=O) groups excluding carboxylic acids is 1. The van der Waals surface area contributed by atoms with Crippen LogP contribution < -0.4 is 10.2 Å². The smallest absolute Gasteiger partial charge is 0.261 e. The standard InChI is InChI=1S/C21H18N4O2/c26-20(15-27-25-19-14-8-7-13-18(19)23-24-25)22-21(16-9-3-1-4-10-16)17-11-5-2-6-12-17/h1-14,21H,15H2,(H,22,26). The minimum atomic E-state index is -0.254. The van der Waals surface area contributed by atoms with Gasteiger partial charge in [-0.05, 0) is 28.5 Å². The van der Waals surface area contributed by atoms with Gasteiger partial charge >= 0.3 is 0 Å². The molecule has 0 unspecified atom stereocenters. The Hall–Kier alpha value is -3.67. The van der Waals surface area contributed by atoms with Crippen LogP contribution in [-0.2, 0) is 4.79 Å². The maximum absolute atomic E-state index is 12.5. The summed E-state index contributed by atoms with van der Waals surface area (Å²) in [4.78, 5) is 19.3. The highest BCUT2D eigenvalue weighted by Crippen LogP contribution is 2.21. The van der Waals surface area contributed by atoms with E-state index in [1.54, 1.807) is 0 Å². The lowest BCUT2D eigenvalue weighted by Crippen LogP contribution is -2.35. The maximum Gasteiger partial charge on any atom is 0.261 e. The van der Waals surface area contributed by atoms with Gasteiger partial charge in [0, 0.05) is 0 Å². The molecule has 1 heterocycles. The van der Waals surface area contributed by atoms with Crippen molar-refractivity contribution >= 4 is 16.9 Å². The molecule has 0 saturated heterocycles. The second kappa shape index (κ2) is 7.70. The van der Waals surface area contributed by atoms with Crippen molar-refractivity contribution < 1.29 is 9.63 Å². The summed E-state index contributed by atoms with van der Waals surface area (Å²) in [5.74, 6) is -0.243. The molecule has 0 saturated carbocycles. The number of hydrogen-bond donors (Lipinski definition) is 1. The molecule has 6 nitrogen and oxygen atoms in total. The summed E-state index contributed by atoms with van der Waals surface area (Å²) in [5, 5.41) is 11.0. The molecular formula is C21H18N4O2. The van der Waals surface area contributed by atoms with Gasteiger partial charge in [-0.25, -0.2) is 0 Å². The monoisotopic (exact) mass is 358 g/mol. The molecule has 0 radical (unpaired) electrons. The predicted molar refractivity (Wildman–Crippen MR) is 102 cm³/mol. The van der Waals surface area contributed by atoms with Crippen LogP contribution >= 0.6 is 0 Å². The zero-order valence-electron chi connectivity index (χ0n) is 14.5. The van der Waals surface area contributed by atoms with E-state index in [4.69, 9.17) is 4.84 Å². The van der Waals surface area contributed by atoms with E-state index in [2.05, 4.69) is 15.6 Å². The van der Waals surface area contributed by atoms with E-state index in [9.17, 15) is 4.79 Å². The number of fused-ring (bicyclic) bond motifs is 1. The Morgan fingerprint density at radius 3 is 2.15 bits per heavy atom. The average molecular weight is 358 g/mol. The largest absolute Gasteiger partial charge is 0.385 e. The normalized spacial score (nSPS) is 10.9. The topological polar surface area (TPSA) is 69.0 Å². The SMILES string of the molecule is O=C(COn1nnc2ccccc21)NC(c1ccccc1)c1ccccc1. The molecular weight excluding hydrogens is 340 g/mol. The molecule has 4 aromatic rings. The van der Waals surface area contributed by atoms with Crippen molar-refractivity contribution in [3.63, 3.8) is 0 Å². The molecule has 0 aliphatic rings. The Morgan fingerprint density at radius 1 is 0.889 bits per heavy atom. The van der Waals surface area contributed by atoms with E-state index in [0.29, 0.717) is 11.0 Å². The lowest BCUT2D eigenvalue weighted by molar-refractivity contribution is -0.126. The first-order valence-electron chi connectivity index (χ1n) is 8.64. The number of nitrogens with one attached hydrogen (secondary N) is 1. The molecule has 0 atom stereocenters. The summed E-state index contributed by atoms with van der Waals surface area (Å²) < 4.78 is 0. The number of aromatic nitrogens is 3. The summed E-state index contributed by atoms with van der Waals surface area (Å²) >= 11 is 0. The number of para-hydroxylation sites is 1. The van der Waals surface area contributed by atoms with Crippen molar-refractivity contribution in [2.75, 3.05) is 6.61 Å². The molecule has 0 bridgehead atoms. The van der Waals surface area contributed by atoms with Crippen molar-refractivity contribution in [2.24, 2.45) is 0 Å². The highest BCUT2D eigenvalue weighted by Gasteiger charge is 2.17. The third-order valence-electron chi connectivity index (χ3n) is 4.21. The molecule has 0 fully saturated rings. The summed E-state index contributed by atoms with van der Waals surface area (Å²) in [6, 6.07) is 26.8. The highest BCUT2D eigenvalue weighted by molar-refractivity contribution is 5.78. The van der Waals surface area contributed by atoms with Gasteiger partial charge in [0.15, 0.2) is 6.61 Å². The zero-order chi connectivity index (χ0) is 18.5. The number of hydrogen-bond acceptors (Lipinski definition) is 4. The number of amides is 1. The van der Waals surface area contributed by atoms with Gasteiger partial charge in [-0.3, -0.25) is 4.79 Å². The quantitative estimate of drug-likeness (QED) is 0.575. The van der Waals surface area contributed by atoms with Gasteiger partial charge in [0.25, 0.3) is 5.91 Å². The summed E-state index contributed by atoms with van der Waals surface area (Å²) in [6.45, 7) is -0.163. The lowest BCUT2D eigenvalue weighted by atomic mass is 9.99. The fraction of sp³-hybridized carbons (Fsp3) is 0.0952. The Labute approximate surface area is 156 Å². The summed E-state index contributed by atoms with van der Waals surface area (Å²) in [5.41, 5.74) is 3.43. The molecule has 1 aromatic heterocycles. The maximum atomic E-state index is 12.5. The van der Waals surface area contributed by atoms with E-state index in [1.807, 2.05) is 84.9 Å². The third-order valence-corrected chi connectivity index (χ3v) is 4.21. The van der Waals surface area contributed by atoms with Crippen LogP contribution in [0.3, 0.4) is 0 Å². The fourth-order valence-corrected chi connectivity index (χ4v) is 2.92. The van der Waals surface area contributed by atoms with Crippen molar-refractivity contribution in [1.82, 2.24) is 20.5 Å². The van der Waals surface area contributed by atoms with E-state index in [-0.39, 0.29) is 18.6 Å². The molecule has 0 aliphatic heterocycles. The summed E-state index contributed by atoms with van der Waals surface area (Å²) in [6.07, 6.45) is 0. The van der Waals surface area contributed by atoms with E-state index in [0.717, 1.165) is 11.1 Å². The summed E-state index contributed by atoms with van der Waals surface area (Å²) in [7, 11) is 0. The predicted octanol–water partition coefficient (Wildman–Crippen LogP) is 2.77. The van der Waals surface area contributed by atoms with Crippen LogP contribution in [0, 0.1) is 0 Å². The molecule has 27 heavy (non-hydrogen) atoms. The number of rotatable bonds is 6. The zero-order valence-corrected chi connectivity index (χ0v) is 14.5. The van der Waals surface area contributed by atoms with Gasteiger partial charge in [-0.1, -0.05) is 77.6 Å². The van der Waals surface area contributed by atoms with Gasteiger partial charge in [0.1, 0.15) is 11.0 Å². The second-order valence-electron chi connectivity index (χ2n) is 6.05. The van der Waals surface area contributed by atoms with Gasteiger partial charge < -0.3 is 10.2 Å². The van der Waals surface area contributed by atoms with Crippen molar-refractivity contribution in [1.29, 1.82) is 0 Å². The minimum Gasteiger partial charge on any atom is -0.385 e. The van der Waals surface area contributed by atoms with Gasteiger partial charge in [-0.15, -0.1) is 5.10 Å². The second-order valence-corrected chi connectivity index (χ2v) is 6.05. The third kappa shape index (κ3) is 3.79. The molecule has 1 N–H and O–H groups in total. The van der Waals surface area contributed by atoms with Crippen molar-refractivity contribution in [3.05, 3.63) is 96.1 Å². The molecule has 4 rings (SSSR count). The number of carbonyl (C=O) groups is 1. The molecule has 3 aromatic carbocycles. The fourth-order valence-electron chi connectivity index (χ4n) is 2.92. The Bertz CT molecular complexity index is 992. The van der Waals surface area contributed by atoms with Crippen LogP contribution in [0.2, 0.25) is 0 Å². The molecule has 134 valence electrons. The van der Waals surface area contributed by atoms with Gasteiger partial charge in [-0.2, -0.15) is 0 Å². The van der Waals surface area contributed by atoms with E-state index >= 15 is 0 Å². The van der Waals surface area contributed by atoms with Crippen LogP contribution in [0.15, 0.2) is 84.9 Å². The Morgan fingerprint density at radius 2 is 1.48 bits per heavy atom. The first-order valence-corrected chi connectivity index (χ1v) is 8.64. The molecule has 6 heteroatoms. The minimum absolute atomic E-state index is 0.163. The van der Waals surface area contributed by atoms with Crippen LogP contribution in [0.4, 0.5) is 0 Å². The average Bonchev–Trinajstić information content (AvgIpc) is 3.15. The van der Waals surface area contributed by atoms with Crippen molar-refractivity contribution in [3.8, 4) is 0 Å².